The third-order valence-electron chi connectivity index (χ3n) is 4.99. The third kappa shape index (κ3) is 4.55. The van der Waals surface area contributed by atoms with E-state index < -0.39 is 0 Å². The van der Waals surface area contributed by atoms with Gasteiger partial charge in [-0.2, -0.15) is 0 Å². The van der Waals surface area contributed by atoms with Crippen molar-refractivity contribution in [3.05, 3.63) is 95.1 Å². The van der Waals surface area contributed by atoms with Gasteiger partial charge in [-0.05, 0) is 47.9 Å². The van der Waals surface area contributed by atoms with Gasteiger partial charge in [-0.25, -0.2) is 4.68 Å². The number of hydrogen-bond donors (Lipinski definition) is 1. The molecule has 0 bridgehead atoms. The predicted molar refractivity (Wildman–Crippen MR) is 116 cm³/mol. The van der Waals surface area contributed by atoms with E-state index in [1.54, 1.807) is 0 Å². The van der Waals surface area contributed by atoms with E-state index in [0.29, 0.717) is 31.9 Å². The highest BCUT2D eigenvalue weighted by atomic mass is 16.5. The number of ether oxygens (including phenoxy) is 1. The Hall–Kier alpha value is -3.51. The fourth-order valence-electron chi connectivity index (χ4n) is 3.33. The number of para-hydroxylation sites is 1. The molecule has 0 unspecified atom stereocenters. The number of nitrogens with one attached hydrogen (secondary N) is 1. The fourth-order valence-corrected chi connectivity index (χ4v) is 3.33. The molecule has 1 heterocycles. The van der Waals surface area contributed by atoms with E-state index in [1.165, 1.54) is 0 Å². The summed E-state index contributed by atoms with van der Waals surface area (Å²) in [6.07, 6.45) is 0. The molecule has 4 rings (SSSR count). The molecule has 6 heteroatoms. The van der Waals surface area contributed by atoms with Gasteiger partial charge in [0.05, 0.1) is 18.7 Å². The zero-order valence-corrected chi connectivity index (χ0v) is 16.9. The van der Waals surface area contributed by atoms with Crippen LogP contribution in [0.4, 0.5) is 0 Å². The number of carbonyl (C=O) groups is 1. The van der Waals surface area contributed by atoms with Crippen LogP contribution in [0.3, 0.4) is 0 Å². The normalized spacial score (nSPS) is 11.0. The van der Waals surface area contributed by atoms with Gasteiger partial charge >= 0.3 is 0 Å². The molecule has 3 aromatic carbocycles. The molecule has 0 saturated heterocycles. The molecule has 0 atom stereocenters. The minimum atomic E-state index is -0.0982. The topological polar surface area (TPSA) is 69.0 Å². The van der Waals surface area contributed by atoms with E-state index in [9.17, 15) is 4.79 Å². The minimum Gasteiger partial charge on any atom is -0.377 e. The van der Waals surface area contributed by atoms with Crippen LogP contribution in [0, 0.1) is 0 Å². The maximum Gasteiger partial charge on any atom is 0.251 e. The van der Waals surface area contributed by atoms with Gasteiger partial charge in [-0.3, -0.25) is 4.79 Å². The van der Waals surface area contributed by atoms with Crippen LogP contribution in [-0.2, 0) is 24.4 Å². The Morgan fingerprint density at radius 1 is 0.967 bits per heavy atom. The van der Waals surface area contributed by atoms with E-state index in [2.05, 4.69) is 15.6 Å². The highest BCUT2D eigenvalue weighted by Crippen LogP contribution is 2.14. The number of carbonyl (C=O) groups excluding carboxylic acids is 1. The molecule has 0 saturated carbocycles. The van der Waals surface area contributed by atoms with Gasteiger partial charge in [0.2, 0.25) is 0 Å². The van der Waals surface area contributed by atoms with Crippen molar-refractivity contribution in [3.63, 3.8) is 0 Å². The van der Waals surface area contributed by atoms with E-state index >= 15 is 0 Å². The number of amides is 1. The smallest absolute Gasteiger partial charge is 0.251 e. The Labute approximate surface area is 175 Å². The van der Waals surface area contributed by atoms with Gasteiger partial charge in [0.25, 0.3) is 5.91 Å². The second-order valence-electron chi connectivity index (χ2n) is 7.02. The lowest BCUT2D eigenvalue weighted by molar-refractivity contribution is 0.0949. The highest BCUT2D eigenvalue weighted by molar-refractivity contribution is 5.94. The van der Waals surface area contributed by atoms with Crippen molar-refractivity contribution >= 4 is 16.9 Å². The highest BCUT2D eigenvalue weighted by Gasteiger charge is 2.09. The average Bonchev–Trinajstić information content (AvgIpc) is 3.20. The molecule has 30 heavy (non-hydrogen) atoms. The molecular formula is C24H24N4O2. The summed E-state index contributed by atoms with van der Waals surface area (Å²) < 4.78 is 7.37. The number of benzene rings is 3. The van der Waals surface area contributed by atoms with Gasteiger partial charge < -0.3 is 10.1 Å². The zero-order chi connectivity index (χ0) is 20.8. The summed E-state index contributed by atoms with van der Waals surface area (Å²) in [4.78, 5) is 12.6. The molecule has 152 valence electrons. The van der Waals surface area contributed by atoms with Crippen molar-refractivity contribution in [2.24, 2.45) is 0 Å². The molecule has 1 amide bonds. The van der Waals surface area contributed by atoms with Crippen LogP contribution in [0.15, 0.2) is 72.8 Å². The van der Waals surface area contributed by atoms with Crippen molar-refractivity contribution in [2.45, 2.75) is 26.6 Å². The molecule has 0 fully saturated rings. The minimum absolute atomic E-state index is 0.0982. The number of fused-ring (bicyclic) bond motifs is 1. The number of rotatable bonds is 8. The molecule has 0 aliphatic rings. The standard InChI is InChI=1S/C24H24N4O2/c1-2-30-17-21-8-4-3-7-20(21)15-25-24(29)19-13-11-18(12-14-19)16-28-23-10-6-5-9-22(23)26-27-28/h3-14H,2,15-17H2,1H3,(H,25,29). The van der Waals surface area contributed by atoms with Crippen LogP contribution in [0.5, 0.6) is 0 Å². The van der Waals surface area contributed by atoms with Crippen LogP contribution < -0.4 is 5.32 Å². The van der Waals surface area contributed by atoms with Gasteiger partial charge in [0, 0.05) is 18.7 Å². The monoisotopic (exact) mass is 400 g/mol. The predicted octanol–water partition coefficient (Wildman–Crippen LogP) is 3.95. The summed E-state index contributed by atoms with van der Waals surface area (Å²) in [7, 11) is 0. The molecule has 0 spiro atoms. The molecule has 0 radical (unpaired) electrons. The van der Waals surface area contributed by atoms with Crippen LogP contribution in [0.25, 0.3) is 11.0 Å². The van der Waals surface area contributed by atoms with Crippen molar-refractivity contribution in [1.82, 2.24) is 20.3 Å². The van der Waals surface area contributed by atoms with Gasteiger partial charge in [-0.15, -0.1) is 5.10 Å². The quantitative estimate of drug-likeness (QED) is 0.486. The van der Waals surface area contributed by atoms with Crippen molar-refractivity contribution in [3.8, 4) is 0 Å². The lowest BCUT2D eigenvalue weighted by Crippen LogP contribution is -2.23. The molecule has 6 nitrogen and oxygen atoms in total. The Kier molecular flexibility index (Phi) is 6.15. The number of nitrogens with zero attached hydrogens (tertiary/aromatic N) is 3. The second-order valence-corrected chi connectivity index (χ2v) is 7.02. The molecular weight excluding hydrogens is 376 g/mol. The molecule has 0 aliphatic carbocycles. The first-order chi connectivity index (χ1) is 14.7. The Morgan fingerprint density at radius 2 is 1.70 bits per heavy atom. The lowest BCUT2D eigenvalue weighted by Gasteiger charge is -2.11. The Morgan fingerprint density at radius 3 is 2.50 bits per heavy atom. The number of hydrogen-bond acceptors (Lipinski definition) is 4. The summed E-state index contributed by atoms with van der Waals surface area (Å²) in [6, 6.07) is 23.5. The third-order valence-corrected chi connectivity index (χ3v) is 4.99. The van der Waals surface area contributed by atoms with Crippen LogP contribution in [0.2, 0.25) is 0 Å². The van der Waals surface area contributed by atoms with Crippen LogP contribution >= 0.6 is 0 Å². The largest absolute Gasteiger partial charge is 0.377 e. The van der Waals surface area contributed by atoms with E-state index in [1.807, 2.05) is 84.4 Å². The first-order valence-electron chi connectivity index (χ1n) is 10.0. The summed E-state index contributed by atoms with van der Waals surface area (Å²) in [5, 5.41) is 11.4. The van der Waals surface area contributed by atoms with Gasteiger partial charge in [0.15, 0.2) is 0 Å². The Balaban J connectivity index is 1.39. The first kappa shape index (κ1) is 19.8. The van der Waals surface area contributed by atoms with E-state index in [4.69, 9.17) is 4.74 Å². The molecule has 1 N–H and O–H groups in total. The van der Waals surface area contributed by atoms with Crippen molar-refractivity contribution in [1.29, 1.82) is 0 Å². The van der Waals surface area contributed by atoms with Crippen LogP contribution in [-0.4, -0.2) is 27.5 Å². The van der Waals surface area contributed by atoms with Gasteiger partial charge in [0.1, 0.15) is 5.52 Å². The maximum absolute atomic E-state index is 12.6. The lowest BCUT2D eigenvalue weighted by atomic mass is 10.1. The van der Waals surface area contributed by atoms with E-state index in [-0.39, 0.29) is 5.91 Å². The molecule has 0 aliphatic heterocycles. The van der Waals surface area contributed by atoms with E-state index in [0.717, 1.165) is 27.7 Å². The SMILES string of the molecule is CCOCc1ccccc1CNC(=O)c1ccc(Cn2nnc3ccccc32)cc1. The summed E-state index contributed by atoms with van der Waals surface area (Å²) >= 11 is 0. The summed E-state index contributed by atoms with van der Waals surface area (Å²) in [6.45, 7) is 4.26. The molecule has 1 aromatic heterocycles. The molecule has 4 aromatic rings. The first-order valence-corrected chi connectivity index (χ1v) is 10.0. The van der Waals surface area contributed by atoms with Crippen molar-refractivity contribution in [2.75, 3.05) is 6.61 Å². The fraction of sp³-hybridized carbons (Fsp3) is 0.208. The van der Waals surface area contributed by atoms with Crippen molar-refractivity contribution < 1.29 is 9.53 Å². The van der Waals surface area contributed by atoms with Gasteiger partial charge in [-0.1, -0.05) is 53.7 Å². The maximum atomic E-state index is 12.6. The zero-order valence-electron chi connectivity index (χ0n) is 16.9. The summed E-state index contributed by atoms with van der Waals surface area (Å²) in [5.41, 5.74) is 5.71. The van der Waals surface area contributed by atoms with Crippen LogP contribution in [0.1, 0.15) is 34.0 Å². The average molecular weight is 400 g/mol. The second kappa shape index (κ2) is 9.33. The summed E-state index contributed by atoms with van der Waals surface area (Å²) in [5.74, 6) is -0.0982. The number of aromatic nitrogens is 3. The Bertz CT molecular complexity index is 1140.